The van der Waals surface area contributed by atoms with Gasteiger partial charge in [0.05, 0.1) is 25.3 Å². The Balaban J connectivity index is 1.99. The molecule has 2 aromatic heterocycles. The Morgan fingerprint density at radius 3 is 2.67 bits per heavy atom. The van der Waals surface area contributed by atoms with Crippen molar-refractivity contribution in [1.82, 2.24) is 19.7 Å². The Morgan fingerprint density at radius 1 is 1.24 bits per heavy atom. The molecule has 3 aromatic rings. The molecule has 0 saturated heterocycles. The third-order valence-electron chi connectivity index (χ3n) is 3.25. The molecule has 110 valence electrons. The third-order valence-corrected chi connectivity index (χ3v) is 3.25. The van der Waals surface area contributed by atoms with Crippen LogP contribution in [0.4, 0.5) is 5.95 Å². The van der Waals surface area contributed by atoms with Gasteiger partial charge in [0.1, 0.15) is 0 Å². The van der Waals surface area contributed by atoms with Crippen LogP contribution < -0.4 is 15.2 Å². The summed E-state index contributed by atoms with van der Waals surface area (Å²) in [5.41, 5.74) is 7.60. The molecule has 2 N–H and O–H groups in total. The average Bonchev–Trinajstić information content (AvgIpc) is 3.10. The highest BCUT2D eigenvalue weighted by molar-refractivity contribution is 5.82. The number of methoxy groups -OCH3 is 2. The normalized spacial score (nSPS) is 11.0. The van der Waals surface area contributed by atoms with Crippen molar-refractivity contribution in [3.05, 3.63) is 24.4 Å². The van der Waals surface area contributed by atoms with E-state index in [1.54, 1.807) is 20.3 Å². The molecule has 8 nitrogen and oxygen atoms in total. The van der Waals surface area contributed by atoms with Crippen LogP contribution in [0.25, 0.3) is 11.0 Å². The average molecular weight is 289 g/mol. The Labute approximate surface area is 120 Å². The molecule has 3 rings (SSSR count). The van der Waals surface area contributed by atoms with Gasteiger partial charge in [-0.3, -0.25) is 0 Å². The quantitative estimate of drug-likeness (QED) is 0.754. The first-order valence-electron chi connectivity index (χ1n) is 6.36. The van der Waals surface area contributed by atoms with Gasteiger partial charge < -0.3 is 24.3 Å². The summed E-state index contributed by atoms with van der Waals surface area (Å²) in [6, 6.07) is 3.66. The van der Waals surface area contributed by atoms with Gasteiger partial charge in [-0.15, -0.1) is 0 Å². The largest absolute Gasteiger partial charge is 0.493 e. The van der Waals surface area contributed by atoms with E-state index in [9.17, 15) is 0 Å². The monoisotopic (exact) mass is 289 g/mol. The summed E-state index contributed by atoms with van der Waals surface area (Å²) in [6.45, 7) is 0.595. The molecule has 0 aliphatic heterocycles. The van der Waals surface area contributed by atoms with Crippen molar-refractivity contribution < 1.29 is 14.0 Å². The number of aryl methyl sites for hydroxylation is 2. The lowest BCUT2D eigenvalue weighted by atomic mass is 10.2. The van der Waals surface area contributed by atoms with E-state index in [1.807, 2.05) is 10.6 Å². The Hall–Kier alpha value is -2.77. The first kappa shape index (κ1) is 13.2. The van der Waals surface area contributed by atoms with E-state index in [1.165, 1.54) is 6.39 Å². The van der Waals surface area contributed by atoms with Crippen LogP contribution in [0.5, 0.6) is 11.5 Å². The number of benzene rings is 1. The van der Waals surface area contributed by atoms with Gasteiger partial charge in [0, 0.05) is 25.1 Å². The van der Waals surface area contributed by atoms with Crippen LogP contribution >= 0.6 is 0 Å². The molecule has 0 aliphatic carbocycles. The van der Waals surface area contributed by atoms with E-state index >= 15 is 0 Å². The SMILES string of the molecule is COc1cc2nc(N)n(CCc3ncon3)c2cc1OC. The zero-order valence-corrected chi connectivity index (χ0v) is 11.7. The van der Waals surface area contributed by atoms with Gasteiger partial charge in [-0.05, 0) is 0 Å². The maximum absolute atomic E-state index is 5.98. The van der Waals surface area contributed by atoms with Crippen molar-refractivity contribution in [2.45, 2.75) is 13.0 Å². The maximum atomic E-state index is 5.98. The number of hydrogen-bond acceptors (Lipinski definition) is 7. The van der Waals surface area contributed by atoms with Crippen LogP contribution in [0.1, 0.15) is 5.82 Å². The van der Waals surface area contributed by atoms with E-state index in [-0.39, 0.29) is 0 Å². The number of nitrogens with zero attached hydrogens (tertiary/aromatic N) is 4. The lowest BCUT2D eigenvalue weighted by molar-refractivity contribution is 0.355. The fourth-order valence-electron chi connectivity index (χ4n) is 2.22. The molecule has 0 fully saturated rings. The lowest BCUT2D eigenvalue weighted by Crippen LogP contribution is -2.06. The summed E-state index contributed by atoms with van der Waals surface area (Å²) in [5.74, 6) is 2.29. The van der Waals surface area contributed by atoms with Gasteiger partial charge in [0.2, 0.25) is 12.3 Å². The fourth-order valence-corrected chi connectivity index (χ4v) is 2.22. The van der Waals surface area contributed by atoms with Crippen molar-refractivity contribution in [2.75, 3.05) is 20.0 Å². The second-order valence-electron chi connectivity index (χ2n) is 4.41. The zero-order chi connectivity index (χ0) is 14.8. The summed E-state index contributed by atoms with van der Waals surface area (Å²) in [6.07, 6.45) is 1.90. The number of fused-ring (bicyclic) bond motifs is 1. The predicted molar refractivity (Wildman–Crippen MR) is 75.3 cm³/mol. The molecule has 0 saturated carbocycles. The molecule has 0 bridgehead atoms. The zero-order valence-electron chi connectivity index (χ0n) is 11.7. The highest BCUT2D eigenvalue weighted by atomic mass is 16.5. The number of imidazole rings is 1. The molecule has 2 heterocycles. The van der Waals surface area contributed by atoms with Crippen LogP contribution in [-0.2, 0) is 13.0 Å². The number of anilines is 1. The summed E-state index contributed by atoms with van der Waals surface area (Å²) >= 11 is 0. The Morgan fingerprint density at radius 2 is 2.00 bits per heavy atom. The highest BCUT2D eigenvalue weighted by Gasteiger charge is 2.14. The van der Waals surface area contributed by atoms with E-state index in [0.717, 1.165) is 11.0 Å². The number of nitrogen functional groups attached to an aromatic ring is 1. The standard InChI is InChI=1S/C13H15N5O3/c1-19-10-5-8-9(6-11(10)20-2)18(13(14)16-8)4-3-12-15-7-21-17-12/h5-7H,3-4H2,1-2H3,(H2,14,16). The van der Waals surface area contributed by atoms with E-state index < -0.39 is 0 Å². The molecular formula is C13H15N5O3. The highest BCUT2D eigenvalue weighted by Crippen LogP contribution is 2.32. The van der Waals surface area contributed by atoms with Gasteiger partial charge in [-0.25, -0.2) is 4.98 Å². The van der Waals surface area contributed by atoms with Crippen molar-refractivity contribution >= 4 is 17.0 Å². The molecule has 0 aliphatic rings. The number of hydrogen-bond donors (Lipinski definition) is 1. The summed E-state index contributed by atoms with van der Waals surface area (Å²) in [7, 11) is 3.17. The van der Waals surface area contributed by atoms with Crippen LogP contribution in [0, 0.1) is 0 Å². The van der Waals surface area contributed by atoms with E-state index in [0.29, 0.717) is 36.2 Å². The van der Waals surface area contributed by atoms with Gasteiger partial charge >= 0.3 is 0 Å². The second-order valence-corrected chi connectivity index (χ2v) is 4.41. The second kappa shape index (κ2) is 5.31. The summed E-state index contributed by atoms with van der Waals surface area (Å²) in [4.78, 5) is 8.33. The van der Waals surface area contributed by atoms with Gasteiger partial charge in [0.15, 0.2) is 17.3 Å². The molecule has 0 amide bonds. The molecule has 8 heteroatoms. The van der Waals surface area contributed by atoms with Crippen LogP contribution in [-0.4, -0.2) is 33.9 Å². The predicted octanol–water partition coefficient (Wildman–Crippen LogP) is 1.26. The molecule has 1 aromatic carbocycles. The number of nitrogens with two attached hydrogens (primary N) is 1. The van der Waals surface area contributed by atoms with Crippen molar-refractivity contribution in [1.29, 1.82) is 0 Å². The molecule has 21 heavy (non-hydrogen) atoms. The summed E-state index contributed by atoms with van der Waals surface area (Å²) < 4.78 is 17.2. The number of rotatable bonds is 5. The Bertz CT molecular complexity index is 751. The molecule has 0 radical (unpaired) electrons. The molecular weight excluding hydrogens is 274 g/mol. The molecule has 0 unspecified atom stereocenters. The smallest absolute Gasteiger partial charge is 0.213 e. The third kappa shape index (κ3) is 2.35. The van der Waals surface area contributed by atoms with Crippen LogP contribution in [0.3, 0.4) is 0 Å². The summed E-state index contributed by atoms with van der Waals surface area (Å²) in [5, 5.41) is 3.78. The van der Waals surface area contributed by atoms with Gasteiger partial charge in [-0.1, -0.05) is 5.16 Å². The Kier molecular flexibility index (Phi) is 3.35. The fraction of sp³-hybridized carbons (Fsp3) is 0.308. The van der Waals surface area contributed by atoms with Crippen molar-refractivity contribution in [2.24, 2.45) is 0 Å². The van der Waals surface area contributed by atoms with Gasteiger partial charge in [0.25, 0.3) is 0 Å². The minimum absolute atomic E-state index is 0.420. The van der Waals surface area contributed by atoms with E-state index in [4.69, 9.17) is 19.7 Å². The first-order valence-corrected chi connectivity index (χ1v) is 6.36. The molecule has 0 spiro atoms. The first-order chi connectivity index (χ1) is 10.2. The van der Waals surface area contributed by atoms with Crippen molar-refractivity contribution in [3.63, 3.8) is 0 Å². The number of aromatic nitrogens is 4. The minimum Gasteiger partial charge on any atom is -0.493 e. The molecule has 0 atom stereocenters. The van der Waals surface area contributed by atoms with Gasteiger partial charge in [-0.2, -0.15) is 4.98 Å². The van der Waals surface area contributed by atoms with Crippen LogP contribution in [0.2, 0.25) is 0 Å². The topological polar surface area (TPSA) is 101 Å². The minimum atomic E-state index is 0.420. The lowest BCUT2D eigenvalue weighted by Gasteiger charge is -2.09. The van der Waals surface area contributed by atoms with Crippen molar-refractivity contribution in [3.8, 4) is 11.5 Å². The van der Waals surface area contributed by atoms with E-state index in [2.05, 4.69) is 15.1 Å². The number of ether oxygens (including phenoxy) is 2. The maximum Gasteiger partial charge on any atom is 0.213 e. The van der Waals surface area contributed by atoms with Crippen LogP contribution in [0.15, 0.2) is 23.0 Å².